The molecule has 19 heavy (non-hydrogen) atoms. The maximum atomic E-state index is 7.51. The topological polar surface area (TPSA) is 22.2 Å². The molecule has 0 unspecified atom stereocenters. The molecule has 3 nitrogen and oxygen atoms in total. The number of nitrogens with zero attached hydrogens (tertiary/aromatic N) is 3. The molecule has 1 heterocycles. The van der Waals surface area contributed by atoms with Crippen molar-refractivity contribution >= 4 is 16.5 Å². The monoisotopic (exact) mass is 247 g/mol. The van der Waals surface area contributed by atoms with Gasteiger partial charge in [0.05, 0.1) is 12.3 Å². The van der Waals surface area contributed by atoms with Crippen LogP contribution in [0.1, 0.15) is 5.56 Å². The molecule has 0 bridgehead atoms. The van der Waals surface area contributed by atoms with Crippen LogP contribution in [0, 0.1) is 13.5 Å². The maximum Gasteiger partial charge on any atom is 0.204 e. The van der Waals surface area contributed by atoms with Crippen LogP contribution in [-0.4, -0.2) is 9.78 Å². The molecule has 0 aliphatic rings. The number of hydrogen-bond donors (Lipinski definition) is 0. The van der Waals surface area contributed by atoms with Gasteiger partial charge in [-0.3, -0.25) is 4.68 Å². The smallest absolute Gasteiger partial charge is 0.204 e. The third kappa shape index (κ3) is 1.69. The predicted molar refractivity (Wildman–Crippen MR) is 77.1 cm³/mol. The summed E-state index contributed by atoms with van der Waals surface area (Å²) < 4.78 is 1.80. The summed E-state index contributed by atoms with van der Waals surface area (Å²) in [7, 11) is 1.90. The van der Waals surface area contributed by atoms with E-state index in [0.29, 0.717) is 5.69 Å². The van der Waals surface area contributed by atoms with E-state index < -0.39 is 0 Å². The summed E-state index contributed by atoms with van der Waals surface area (Å²) in [6.45, 7) is 9.58. The Morgan fingerprint density at radius 2 is 1.89 bits per heavy atom. The highest BCUT2D eigenvalue weighted by atomic mass is 15.3. The summed E-state index contributed by atoms with van der Waals surface area (Å²) in [5, 5.41) is 6.34. The SMILES string of the molecule is [C-]#[N+]c1c(-c2ccnn2C)cc(C)c2ccccc12. The molecular weight excluding hydrogens is 234 g/mol. The first-order chi connectivity index (χ1) is 9.22. The molecule has 3 rings (SSSR count). The zero-order valence-corrected chi connectivity index (χ0v) is 10.9. The van der Waals surface area contributed by atoms with E-state index in [9.17, 15) is 0 Å². The molecule has 3 heteroatoms. The number of aromatic nitrogens is 2. The van der Waals surface area contributed by atoms with Gasteiger partial charge in [-0.05, 0) is 29.3 Å². The molecule has 0 spiro atoms. The van der Waals surface area contributed by atoms with Crippen LogP contribution < -0.4 is 0 Å². The van der Waals surface area contributed by atoms with Crippen LogP contribution in [0.4, 0.5) is 5.69 Å². The van der Waals surface area contributed by atoms with Crippen molar-refractivity contribution in [1.82, 2.24) is 9.78 Å². The van der Waals surface area contributed by atoms with Crippen molar-refractivity contribution in [2.24, 2.45) is 7.05 Å². The van der Waals surface area contributed by atoms with E-state index in [1.54, 1.807) is 10.9 Å². The van der Waals surface area contributed by atoms with Crippen LogP contribution in [0.15, 0.2) is 42.6 Å². The Labute approximate surface area is 111 Å². The molecule has 0 aliphatic heterocycles. The normalized spacial score (nSPS) is 10.6. The lowest BCUT2D eigenvalue weighted by Gasteiger charge is -2.11. The van der Waals surface area contributed by atoms with Crippen molar-refractivity contribution in [3.05, 3.63) is 59.6 Å². The quantitative estimate of drug-likeness (QED) is 0.593. The Hall–Kier alpha value is -2.60. The van der Waals surface area contributed by atoms with Crippen LogP contribution in [0.25, 0.3) is 26.9 Å². The van der Waals surface area contributed by atoms with Gasteiger partial charge in [0, 0.05) is 18.8 Å². The van der Waals surface area contributed by atoms with Crippen LogP contribution >= 0.6 is 0 Å². The van der Waals surface area contributed by atoms with Gasteiger partial charge in [-0.15, -0.1) is 0 Å². The zero-order valence-electron chi connectivity index (χ0n) is 10.9. The summed E-state index contributed by atoms with van der Waals surface area (Å²) in [4.78, 5) is 3.75. The minimum absolute atomic E-state index is 0.699. The Morgan fingerprint density at radius 1 is 1.16 bits per heavy atom. The average molecular weight is 247 g/mol. The molecule has 0 aliphatic carbocycles. The number of fused-ring (bicyclic) bond motifs is 1. The van der Waals surface area contributed by atoms with Crippen LogP contribution in [-0.2, 0) is 7.05 Å². The van der Waals surface area contributed by atoms with Crippen molar-refractivity contribution in [3.63, 3.8) is 0 Å². The van der Waals surface area contributed by atoms with Gasteiger partial charge < -0.3 is 0 Å². The highest BCUT2D eigenvalue weighted by Gasteiger charge is 2.13. The Balaban J connectivity index is 2.45. The predicted octanol–water partition coefficient (Wildman–Crippen LogP) is 4.10. The van der Waals surface area contributed by atoms with Crippen LogP contribution in [0.3, 0.4) is 0 Å². The van der Waals surface area contributed by atoms with Gasteiger partial charge in [0.25, 0.3) is 0 Å². The molecule has 0 atom stereocenters. The van der Waals surface area contributed by atoms with Gasteiger partial charge in [-0.2, -0.15) is 5.10 Å². The molecule has 0 saturated heterocycles. The van der Waals surface area contributed by atoms with Crippen LogP contribution in [0.2, 0.25) is 0 Å². The molecule has 0 radical (unpaired) electrons. The second-order valence-electron chi connectivity index (χ2n) is 4.59. The van der Waals surface area contributed by atoms with Crippen molar-refractivity contribution < 1.29 is 0 Å². The van der Waals surface area contributed by atoms with E-state index in [1.807, 2.05) is 31.3 Å². The first-order valence-corrected chi connectivity index (χ1v) is 6.10. The first-order valence-electron chi connectivity index (χ1n) is 6.10. The van der Waals surface area contributed by atoms with E-state index in [-0.39, 0.29) is 0 Å². The molecule has 0 N–H and O–H groups in total. The fourth-order valence-electron chi connectivity index (χ4n) is 2.49. The third-order valence-corrected chi connectivity index (χ3v) is 3.43. The Kier molecular flexibility index (Phi) is 2.57. The zero-order chi connectivity index (χ0) is 13.4. The summed E-state index contributed by atoms with van der Waals surface area (Å²) in [5.41, 5.74) is 3.80. The first kappa shape index (κ1) is 11.5. The van der Waals surface area contributed by atoms with E-state index >= 15 is 0 Å². The highest BCUT2D eigenvalue weighted by molar-refractivity contribution is 6.03. The van der Waals surface area contributed by atoms with Gasteiger partial charge >= 0.3 is 0 Å². The molecular formula is C16H13N3. The summed E-state index contributed by atoms with van der Waals surface area (Å²) in [6, 6.07) is 12.1. The van der Waals surface area contributed by atoms with Gasteiger partial charge in [-0.25, -0.2) is 4.85 Å². The molecule has 2 aromatic carbocycles. The number of aryl methyl sites for hydroxylation is 2. The lowest BCUT2D eigenvalue weighted by molar-refractivity contribution is 0.776. The standard InChI is InChI=1S/C16H13N3/c1-11-10-14(15-8-9-18-19(15)3)16(17-2)13-7-5-4-6-12(11)13/h4-10H,1,3H3. The van der Waals surface area contributed by atoms with E-state index in [4.69, 9.17) is 6.57 Å². The molecule has 1 aromatic heterocycles. The molecule has 0 fully saturated rings. The van der Waals surface area contributed by atoms with Crippen molar-refractivity contribution in [2.75, 3.05) is 0 Å². The molecule has 92 valence electrons. The summed E-state index contributed by atoms with van der Waals surface area (Å²) in [6.07, 6.45) is 1.76. The number of rotatable bonds is 1. The third-order valence-electron chi connectivity index (χ3n) is 3.43. The van der Waals surface area contributed by atoms with Crippen molar-refractivity contribution in [3.8, 4) is 11.3 Å². The average Bonchev–Trinajstić information content (AvgIpc) is 2.85. The van der Waals surface area contributed by atoms with E-state index in [2.05, 4.69) is 29.0 Å². The summed E-state index contributed by atoms with van der Waals surface area (Å²) >= 11 is 0. The van der Waals surface area contributed by atoms with Crippen molar-refractivity contribution in [2.45, 2.75) is 6.92 Å². The lowest BCUT2D eigenvalue weighted by Crippen LogP contribution is -1.94. The fraction of sp³-hybridized carbons (Fsp3) is 0.125. The van der Waals surface area contributed by atoms with Gasteiger partial charge in [-0.1, -0.05) is 30.3 Å². The lowest BCUT2D eigenvalue weighted by atomic mass is 9.97. The van der Waals surface area contributed by atoms with Crippen molar-refractivity contribution in [1.29, 1.82) is 0 Å². The second kappa shape index (κ2) is 4.25. The van der Waals surface area contributed by atoms with E-state index in [0.717, 1.165) is 22.0 Å². The fourth-order valence-corrected chi connectivity index (χ4v) is 2.49. The van der Waals surface area contributed by atoms with Gasteiger partial charge in [0.1, 0.15) is 0 Å². The largest absolute Gasteiger partial charge is 0.269 e. The number of benzene rings is 2. The second-order valence-corrected chi connectivity index (χ2v) is 4.59. The highest BCUT2D eigenvalue weighted by Crippen LogP contribution is 2.38. The molecule has 0 amide bonds. The molecule has 0 saturated carbocycles. The minimum Gasteiger partial charge on any atom is -0.269 e. The maximum absolute atomic E-state index is 7.51. The number of hydrogen-bond acceptors (Lipinski definition) is 1. The summed E-state index contributed by atoms with van der Waals surface area (Å²) in [5.74, 6) is 0. The van der Waals surface area contributed by atoms with E-state index in [1.165, 1.54) is 5.56 Å². The van der Waals surface area contributed by atoms with Gasteiger partial charge in [0.2, 0.25) is 5.69 Å². The van der Waals surface area contributed by atoms with Crippen LogP contribution in [0.5, 0.6) is 0 Å². The van der Waals surface area contributed by atoms with Gasteiger partial charge in [0.15, 0.2) is 0 Å². The Morgan fingerprint density at radius 3 is 2.53 bits per heavy atom. The Bertz CT molecular complexity index is 806. The minimum atomic E-state index is 0.699. The molecule has 3 aromatic rings.